The molecule has 2 N–H and O–H groups in total. The van der Waals surface area contributed by atoms with Crippen molar-refractivity contribution in [1.82, 2.24) is 14.5 Å². The zero-order chi connectivity index (χ0) is 20.3. The summed E-state index contributed by atoms with van der Waals surface area (Å²) in [4.78, 5) is 4.50. The molecule has 4 aromatic rings. The van der Waals surface area contributed by atoms with E-state index < -0.39 is 14.6 Å². The summed E-state index contributed by atoms with van der Waals surface area (Å²) in [7, 11) is -2.19. The Morgan fingerprint density at radius 3 is 2.64 bits per heavy atom. The van der Waals surface area contributed by atoms with Crippen LogP contribution in [0.15, 0.2) is 46.1 Å². The minimum absolute atomic E-state index is 0.110. The molecular weight excluding hydrogens is 380 g/mol. The normalized spacial score (nSPS) is 12.7. The lowest BCUT2D eigenvalue weighted by Gasteiger charge is -2.21. The lowest BCUT2D eigenvalue weighted by molar-refractivity contribution is 0.401. The first kappa shape index (κ1) is 18.3. The van der Waals surface area contributed by atoms with Crippen LogP contribution in [0, 0.1) is 0 Å². The highest BCUT2D eigenvalue weighted by molar-refractivity contribution is 7.92. The van der Waals surface area contributed by atoms with Crippen molar-refractivity contribution in [2.45, 2.75) is 30.4 Å². The molecule has 0 fully saturated rings. The number of sulfone groups is 1. The minimum atomic E-state index is -3.64. The van der Waals surface area contributed by atoms with Crippen molar-refractivity contribution in [2.24, 2.45) is 0 Å². The van der Waals surface area contributed by atoms with Crippen molar-refractivity contribution in [3.8, 4) is 17.0 Å². The molecule has 0 aliphatic rings. The van der Waals surface area contributed by atoms with E-state index in [4.69, 9.17) is 15.0 Å². The van der Waals surface area contributed by atoms with Gasteiger partial charge in [-0.05, 0) is 32.9 Å². The van der Waals surface area contributed by atoms with Gasteiger partial charge in [-0.1, -0.05) is 11.2 Å². The number of fused-ring (bicyclic) bond motifs is 2. The predicted octanol–water partition coefficient (Wildman–Crippen LogP) is 3.31. The smallest absolute Gasteiger partial charge is 0.188 e. The van der Waals surface area contributed by atoms with E-state index in [1.165, 1.54) is 7.11 Å². The molecule has 0 aliphatic carbocycles. The zero-order valence-corrected chi connectivity index (χ0v) is 16.7. The van der Waals surface area contributed by atoms with Gasteiger partial charge >= 0.3 is 0 Å². The van der Waals surface area contributed by atoms with E-state index in [1.807, 2.05) is 12.1 Å². The maximum absolute atomic E-state index is 13.1. The molecule has 0 bridgehead atoms. The summed E-state index contributed by atoms with van der Waals surface area (Å²) in [5, 5.41) is 4.48. The molecule has 4 rings (SSSR count). The lowest BCUT2D eigenvalue weighted by atomic mass is 10.1. The van der Waals surface area contributed by atoms with E-state index in [9.17, 15) is 8.42 Å². The van der Waals surface area contributed by atoms with Crippen molar-refractivity contribution in [2.75, 3.05) is 12.8 Å². The van der Waals surface area contributed by atoms with Gasteiger partial charge in [0.2, 0.25) is 0 Å². The highest BCUT2D eigenvalue weighted by atomic mass is 32.2. The van der Waals surface area contributed by atoms with Crippen LogP contribution in [0.4, 0.5) is 5.82 Å². The largest absolute Gasteiger partial charge is 0.495 e. The molecule has 0 spiro atoms. The van der Waals surface area contributed by atoms with Gasteiger partial charge in [0, 0.05) is 17.8 Å². The van der Waals surface area contributed by atoms with Crippen molar-refractivity contribution in [3.63, 3.8) is 0 Å². The van der Waals surface area contributed by atoms with Crippen LogP contribution in [0.1, 0.15) is 20.8 Å². The summed E-state index contributed by atoms with van der Waals surface area (Å²) in [6.45, 7) is 4.97. The molecule has 3 heterocycles. The molecular formula is C19H20N4O4S. The lowest BCUT2D eigenvalue weighted by Crippen LogP contribution is -2.28. The number of rotatable bonds is 3. The molecule has 0 atom stereocenters. The van der Waals surface area contributed by atoms with Crippen LogP contribution in [0.5, 0.6) is 5.75 Å². The Morgan fingerprint density at radius 1 is 1.21 bits per heavy atom. The summed E-state index contributed by atoms with van der Waals surface area (Å²) in [5.41, 5.74) is 8.38. The molecule has 9 heteroatoms. The van der Waals surface area contributed by atoms with Crippen molar-refractivity contribution < 1.29 is 17.7 Å². The molecule has 0 amide bonds. The van der Waals surface area contributed by atoms with Gasteiger partial charge in [0.1, 0.15) is 16.3 Å². The highest BCUT2D eigenvalue weighted by Gasteiger charge is 2.34. The van der Waals surface area contributed by atoms with E-state index in [0.717, 1.165) is 10.9 Å². The summed E-state index contributed by atoms with van der Waals surface area (Å²) >= 11 is 0. The van der Waals surface area contributed by atoms with Gasteiger partial charge in [0.15, 0.2) is 21.2 Å². The number of nitrogens with zero attached hydrogens (tertiary/aromatic N) is 3. The number of methoxy groups -OCH3 is 1. The number of nitrogens with two attached hydrogens (primary N) is 1. The monoisotopic (exact) mass is 400 g/mol. The molecule has 3 aromatic heterocycles. The van der Waals surface area contributed by atoms with Crippen molar-refractivity contribution in [3.05, 3.63) is 36.7 Å². The van der Waals surface area contributed by atoms with Crippen LogP contribution < -0.4 is 10.5 Å². The zero-order valence-electron chi connectivity index (χ0n) is 15.9. The number of hydrogen-bond donors (Lipinski definition) is 1. The third kappa shape index (κ3) is 2.62. The third-order valence-corrected chi connectivity index (χ3v) is 7.18. The van der Waals surface area contributed by atoms with E-state index in [2.05, 4.69) is 10.1 Å². The number of anilines is 1. The molecule has 8 nitrogen and oxygen atoms in total. The number of ether oxygens (including phenoxy) is 1. The maximum Gasteiger partial charge on any atom is 0.188 e. The van der Waals surface area contributed by atoms with Gasteiger partial charge in [-0.25, -0.2) is 13.4 Å². The Bertz CT molecular complexity index is 1310. The molecule has 0 aliphatic heterocycles. The van der Waals surface area contributed by atoms with Gasteiger partial charge in [-0.3, -0.25) is 4.40 Å². The number of pyridine rings is 1. The van der Waals surface area contributed by atoms with Gasteiger partial charge in [0.25, 0.3) is 0 Å². The fourth-order valence-corrected chi connectivity index (χ4v) is 4.32. The first-order chi connectivity index (χ1) is 13.1. The van der Waals surface area contributed by atoms with Gasteiger partial charge < -0.3 is 15.0 Å². The first-order valence-electron chi connectivity index (χ1n) is 8.58. The summed E-state index contributed by atoms with van der Waals surface area (Å²) in [6.07, 6.45) is 3.22. The number of hydrogen-bond acceptors (Lipinski definition) is 7. The first-order valence-corrected chi connectivity index (χ1v) is 10.1. The SMILES string of the molecule is COc1cc2ncc(-c3ccc4c(N)noc4c3)n2cc1S(=O)(=O)C(C)(C)C. The van der Waals surface area contributed by atoms with Gasteiger partial charge in [-0.15, -0.1) is 0 Å². The van der Waals surface area contributed by atoms with Crippen LogP contribution in [0.25, 0.3) is 27.9 Å². The van der Waals surface area contributed by atoms with Crippen molar-refractivity contribution >= 4 is 32.3 Å². The molecule has 0 saturated carbocycles. The summed E-state index contributed by atoms with van der Waals surface area (Å²) < 4.78 is 37.5. The fourth-order valence-electron chi connectivity index (χ4n) is 3.01. The number of aromatic nitrogens is 3. The Morgan fingerprint density at radius 2 is 1.96 bits per heavy atom. The number of imidazole rings is 1. The van der Waals surface area contributed by atoms with Crippen LogP contribution in [0.2, 0.25) is 0 Å². The van der Waals surface area contributed by atoms with Crippen LogP contribution in [-0.2, 0) is 9.84 Å². The Labute approximate surface area is 161 Å². The minimum Gasteiger partial charge on any atom is -0.495 e. The molecule has 1 aromatic carbocycles. The van der Waals surface area contributed by atoms with E-state index >= 15 is 0 Å². The summed E-state index contributed by atoms with van der Waals surface area (Å²) in [5.74, 6) is 0.584. The van der Waals surface area contributed by atoms with E-state index in [0.29, 0.717) is 22.7 Å². The Kier molecular flexibility index (Phi) is 3.90. The second kappa shape index (κ2) is 5.96. The maximum atomic E-state index is 13.1. The quantitative estimate of drug-likeness (QED) is 0.561. The average Bonchev–Trinajstić information content (AvgIpc) is 3.22. The Hall–Kier alpha value is -3.07. The molecule has 0 radical (unpaired) electrons. The van der Waals surface area contributed by atoms with E-state index in [1.54, 1.807) is 49.7 Å². The fraction of sp³-hybridized carbons (Fsp3) is 0.263. The molecule has 28 heavy (non-hydrogen) atoms. The highest BCUT2D eigenvalue weighted by Crippen LogP contribution is 2.35. The molecule has 146 valence electrons. The van der Waals surface area contributed by atoms with Gasteiger partial charge in [-0.2, -0.15) is 0 Å². The second-order valence-corrected chi connectivity index (χ2v) is 10.1. The van der Waals surface area contributed by atoms with Crippen LogP contribution in [-0.4, -0.2) is 34.8 Å². The number of nitrogen functional groups attached to an aromatic ring is 1. The van der Waals surface area contributed by atoms with Crippen LogP contribution >= 0.6 is 0 Å². The van der Waals surface area contributed by atoms with Crippen LogP contribution in [0.3, 0.4) is 0 Å². The Balaban J connectivity index is 1.97. The standard InChI is InChI=1S/C19H20N4O4S/c1-19(2,3)28(24,25)16-10-23-13(9-21-17(23)8-15(16)26-4)11-5-6-12-14(7-11)27-22-18(12)20/h5-10H,1-4H3,(H2,20,22). The van der Waals surface area contributed by atoms with E-state index in [-0.39, 0.29) is 10.6 Å². The molecule has 0 saturated heterocycles. The van der Waals surface area contributed by atoms with Gasteiger partial charge in [0.05, 0.1) is 29.1 Å². The third-order valence-electron chi connectivity index (χ3n) is 4.69. The topological polar surface area (TPSA) is 113 Å². The predicted molar refractivity (Wildman–Crippen MR) is 106 cm³/mol. The number of benzene rings is 1. The second-order valence-electron chi connectivity index (χ2n) is 7.47. The average molecular weight is 400 g/mol. The summed E-state index contributed by atoms with van der Waals surface area (Å²) in [6, 6.07) is 7.09. The molecule has 0 unspecified atom stereocenters. The van der Waals surface area contributed by atoms with Crippen molar-refractivity contribution in [1.29, 1.82) is 0 Å².